The van der Waals surface area contributed by atoms with Gasteiger partial charge in [0.2, 0.25) is 0 Å². The minimum Gasteiger partial charge on any atom is -0.466 e. The number of benzene rings is 1. The SMILES string of the molecule is C=CCn1c(C(=O)N(CCC)CCC(=O)OCC)c(C)c2cc(C(C)C)ccc21. The van der Waals surface area contributed by atoms with Crippen LogP contribution in [0.3, 0.4) is 0 Å². The number of aryl methyl sites for hydroxylation is 1. The molecule has 0 radical (unpaired) electrons. The Hall–Kier alpha value is -2.56. The van der Waals surface area contributed by atoms with Gasteiger partial charge in [0, 0.05) is 30.5 Å². The number of aromatic nitrogens is 1. The van der Waals surface area contributed by atoms with E-state index in [2.05, 4.69) is 38.6 Å². The molecule has 0 saturated carbocycles. The summed E-state index contributed by atoms with van der Waals surface area (Å²) in [5, 5.41) is 1.10. The lowest BCUT2D eigenvalue weighted by atomic mass is 10.0. The van der Waals surface area contributed by atoms with Crippen LogP contribution >= 0.6 is 0 Å². The quantitative estimate of drug-likeness (QED) is 0.415. The molecule has 0 unspecified atom stereocenters. The van der Waals surface area contributed by atoms with Crippen LogP contribution in [0.5, 0.6) is 0 Å². The summed E-state index contributed by atoms with van der Waals surface area (Å²) in [6.45, 7) is 15.9. The van der Waals surface area contributed by atoms with Crippen molar-refractivity contribution in [2.24, 2.45) is 0 Å². The highest BCUT2D eigenvalue weighted by Gasteiger charge is 2.25. The first-order valence-electron chi connectivity index (χ1n) is 10.5. The molecule has 0 N–H and O–H groups in total. The van der Waals surface area contributed by atoms with Gasteiger partial charge in [0.1, 0.15) is 5.69 Å². The van der Waals surface area contributed by atoms with Gasteiger partial charge in [-0.1, -0.05) is 32.9 Å². The van der Waals surface area contributed by atoms with Crippen molar-refractivity contribution in [3.63, 3.8) is 0 Å². The third kappa shape index (κ3) is 5.08. The summed E-state index contributed by atoms with van der Waals surface area (Å²) in [5.74, 6) is 0.103. The van der Waals surface area contributed by atoms with E-state index < -0.39 is 0 Å². The number of carbonyl (C=O) groups excluding carboxylic acids is 2. The Morgan fingerprint density at radius 2 is 1.97 bits per heavy atom. The van der Waals surface area contributed by atoms with Crippen molar-refractivity contribution in [1.82, 2.24) is 9.47 Å². The van der Waals surface area contributed by atoms with Crippen molar-refractivity contribution in [3.8, 4) is 0 Å². The zero-order chi connectivity index (χ0) is 21.6. The lowest BCUT2D eigenvalue weighted by Gasteiger charge is -2.23. The molecule has 5 nitrogen and oxygen atoms in total. The molecule has 29 heavy (non-hydrogen) atoms. The fourth-order valence-electron chi connectivity index (χ4n) is 3.69. The van der Waals surface area contributed by atoms with Crippen LogP contribution in [0.25, 0.3) is 10.9 Å². The number of carbonyl (C=O) groups is 2. The number of nitrogens with zero attached hydrogens (tertiary/aromatic N) is 2. The van der Waals surface area contributed by atoms with Crippen LogP contribution < -0.4 is 0 Å². The first-order chi connectivity index (χ1) is 13.8. The molecule has 5 heteroatoms. The third-order valence-electron chi connectivity index (χ3n) is 5.19. The van der Waals surface area contributed by atoms with Crippen LogP contribution in [0.4, 0.5) is 0 Å². The Kier molecular flexibility index (Phi) is 8.06. The highest BCUT2D eigenvalue weighted by Crippen LogP contribution is 2.30. The van der Waals surface area contributed by atoms with Crippen LogP contribution in [0.2, 0.25) is 0 Å². The van der Waals surface area contributed by atoms with Gasteiger partial charge < -0.3 is 14.2 Å². The van der Waals surface area contributed by atoms with E-state index in [1.165, 1.54) is 5.56 Å². The maximum Gasteiger partial charge on any atom is 0.307 e. The maximum absolute atomic E-state index is 13.5. The summed E-state index contributed by atoms with van der Waals surface area (Å²) in [5.41, 5.74) is 3.95. The molecule has 0 spiro atoms. The summed E-state index contributed by atoms with van der Waals surface area (Å²) in [6, 6.07) is 6.42. The van der Waals surface area contributed by atoms with E-state index >= 15 is 0 Å². The van der Waals surface area contributed by atoms with E-state index in [1.54, 1.807) is 11.8 Å². The summed E-state index contributed by atoms with van der Waals surface area (Å²) >= 11 is 0. The zero-order valence-corrected chi connectivity index (χ0v) is 18.5. The molecule has 0 aliphatic heterocycles. The van der Waals surface area contributed by atoms with Gasteiger partial charge >= 0.3 is 5.97 Å². The van der Waals surface area contributed by atoms with E-state index in [1.807, 2.05) is 24.5 Å². The van der Waals surface area contributed by atoms with E-state index in [-0.39, 0.29) is 18.3 Å². The Morgan fingerprint density at radius 1 is 1.24 bits per heavy atom. The smallest absolute Gasteiger partial charge is 0.307 e. The van der Waals surface area contributed by atoms with Gasteiger partial charge in [0.15, 0.2) is 0 Å². The van der Waals surface area contributed by atoms with E-state index in [0.29, 0.717) is 37.9 Å². The van der Waals surface area contributed by atoms with Gasteiger partial charge in [-0.15, -0.1) is 6.58 Å². The molecular formula is C24H34N2O3. The first-order valence-corrected chi connectivity index (χ1v) is 10.5. The number of hydrogen-bond acceptors (Lipinski definition) is 3. The van der Waals surface area contributed by atoms with Crippen molar-refractivity contribution >= 4 is 22.8 Å². The fourth-order valence-corrected chi connectivity index (χ4v) is 3.69. The third-order valence-corrected chi connectivity index (χ3v) is 5.19. The van der Waals surface area contributed by atoms with Crippen LogP contribution in [0.1, 0.15) is 68.1 Å². The summed E-state index contributed by atoms with van der Waals surface area (Å²) in [6.07, 6.45) is 2.85. The number of amides is 1. The Morgan fingerprint density at radius 3 is 2.55 bits per heavy atom. The number of allylic oxidation sites excluding steroid dienone is 1. The summed E-state index contributed by atoms with van der Waals surface area (Å²) in [4.78, 5) is 27.1. The second-order valence-electron chi connectivity index (χ2n) is 7.65. The van der Waals surface area contributed by atoms with Gasteiger partial charge in [0.05, 0.1) is 13.0 Å². The fraction of sp³-hybridized carbons (Fsp3) is 0.500. The summed E-state index contributed by atoms with van der Waals surface area (Å²) in [7, 11) is 0. The number of hydrogen-bond donors (Lipinski definition) is 0. The van der Waals surface area contributed by atoms with Crippen LogP contribution in [-0.2, 0) is 16.1 Å². The average molecular weight is 399 g/mol. The monoisotopic (exact) mass is 398 g/mol. The van der Waals surface area contributed by atoms with E-state index in [4.69, 9.17) is 4.74 Å². The summed E-state index contributed by atoms with van der Waals surface area (Å²) < 4.78 is 7.07. The lowest BCUT2D eigenvalue weighted by Crippen LogP contribution is -2.35. The standard InChI is InChI=1S/C24H34N2O3/c1-7-13-25(15-12-22(27)29-9-3)24(28)23-18(6)20-16-19(17(4)5)10-11-21(20)26(23)14-8-2/h8,10-11,16-17H,2,7,9,12-15H2,1,3-6H3. The highest BCUT2D eigenvalue weighted by molar-refractivity contribution is 6.02. The van der Waals surface area contributed by atoms with E-state index in [0.717, 1.165) is 22.9 Å². The first kappa shape index (κ1) is 22.7. The molecule has 0 saturated heterocycles. The number of esters is 1. The van der Waals surface area contributed by atoms with Gasteiger partial charge in [-0.05, 0) is 49.4 Å². The van der Waals surface area contributed by atoms with Gasteiger partial charge in [-0.2, -0.15) is 0 Å². The van der Waals surface area contributed by atoms with Crippen LogP contribution in [0.15, 0.2) is 30.9 Å². The molecule has 2 aromatic rings. The molecule has 1 amide bonds. The second-order valence-corrected chi connectivity index (χ2v) is 7.65. The number of rotatable bonds is 10. The number of ether oxygens (including phenoxy) is 1. The Labute approximate surface area is 174 Å². The second kappa shape index (κ2) is 10.3. The normalized spacial score (nSPS) is 11.1. The van der Waals surface area contributed by atoms with E-state index in [9.17, 15) is 9.59 Å². The van der Waals surface area contributed by atoms with Gasteiger partial charge in [-0.3, -0.25) is 9.59 Å². The van der Waals surface area contributed by atoms with Crippen LogP contribution in [0, 0.1) is 6.92 Å². The minimum atomic E-state index is -0.272. The predicted octanol–water partition coefficient (Wildman–Crippen LogP) is 5.06. The molecule has 0 atom stereocenters. The molecule has 0 aliphatic carbocycles. The van der Waals surface area contributed by atoms with Gasteiger partial charge in [0.25, 0.3) is 5.91 Å². The predicted molar refractivity (Wildman–Crippen MR) is 118 cm³/mol. The Bertz CT molecular complexity index is 880. The van der Waals surface area contributed by atoms with Crippen molar-refractivity contribution in [3.05, 3.63) is 47.7 Å². The molecule has 1 heterocycles. The molecule has 0 aliphatic rings. The van der Waals surface area contributed by atoms with Crippen molar-refractivity contribution in [1.29, 1.82) is 0 Å². The Balaban J connectivity index is 2.48. The van der Waals surface area contributed by atoms with Crippen molar-refractivity contribution in [2.75, 3.05) is 19.7 Å². The maximum atomic E-state index is 13.5. The van der Waals surface area contributed by atoms with Crippen LogP contribution in [-0.4, -0.2) is 41.0 Å². The molecule has 2 rings (SSSR count). The molecule has 1 aromatic heterocycles. The van der Waals surface area contributed by atoms with Crippen molar-refractivity contribution < 1.29 is 14.3 Å². The highest BCUT2D eigenvalue weighted by atomic mass is 16.5. The minimum absolute atomic E-state index is 0.0437. The van der Waals surface area contributed by atoms with Gasteiger partial charge in [-0.25, -0.2) is 0 Å². The average Bonchev–Trinajstić information content (AvgIpc) is 2.96. The molecule has 158 valence electrons. The largest absolute Gasteiger partial charge is 0.466 e. The van der Waals surface area contributed by atoms with Crippen molar-refractivity contribution in [2.45, 2.75) is 59.9 Å². The number of fused-ring (bicyclic) bond motifs is 1. The lowest BCUT2D eigenvalue weighted by molar-refractivity contribution is -0.143. The molecule has 0 bridgehead atoms. The zero-order valence-electron chi connectivity index (χ0n) is 18.5. The molecule has 1 aromatic carbocycles. The molecular weight excluding hydrogens is 364 g/mol. The molecule has 0 fully saturated rings. The topological polar surface area (TPSA) is 51.5 Å².